The zero-order valence-electron chi connectivity index (χ0n) is 11.7. The van der Waals surface area contributed by atoms with Gasteiger partial charge in [-0.25, -0.2) is 0 Å². The number of carbonyl (C=O) groups excluding carboxylic acids is 1. The van der Waals surface area contributed by atoms with Crippen molar-refractivity contribution in [2.24, 2.45) is 0 Å². The monoisotopic (exact) mass is 313 g/mol. The molecule has 1 saturated heterocycles. The topological polar surface area (TPSA) is 29.5 Å². The number of rotatable bonds is 4. The van der Waals surface area contributed by atoms with Gasteiger partial charge in [0.2, 0.25) is 5.91 Å². The highest BCUT2D eigenvalue weighted by molar-refractivity contribution is 7.99. The summed E-state index contributed by atoms with van der Waals surface area (Å²) in [6.07, 6.45) is 0.937. The molecule has 0 N–H and O–H groups in total. The molecular formula is C15H20ClNO2S. The van der Waals surface area contributed by atoms with E-state index in [0.29, 0.717) is 11.9 Å². The molecule has 1 aromatic carbocycles. The van der Waals surface area contributed by atoms with Crippen molar-refractivity contribution in [3.05, 3.63) is 34.9 Å². The molecule has 1 aromatic rings. The van der Waals surface area contributed by atoms with Crippen LogP contribution in [0.4, 0.5) is 0 Å². The molecule has 110 valence electrons. The smallest absolute Gasteiger partial charge is 0.248 e. The van der Waals surface area contributed by atoms with Gasteiger partial charge in [-0.05, 0) is 25.0 Å². The van der Waals surface area contributed by atoms with Crippen molar-refractivity contribution in [3.8, 4) is 0 Å². The Labute approximate surface area is 129 Å². The second-order valence-electron chi connectivity index (χ2n) is 4.69. The maximum atomic E-state index is 12.0. The highest BCUT2D eigenvalue weighted by Gasteiger charge is 2.23. The lowest BCUT2D eigenvalue weighted by Crippen LogP contribution is -2.35. The molecule has 0 aliphatic carbocycles. The van der Waals surface area contributed by atoms with Crippen LogP contribution in [-0.4, -0.2) is 42.9 Å². The highest BCUT2D eigenvalue weighted by Crippen LogP contribution is 2.37. The first-order chi connectivity index (χ1) is 9.72. The van der Waals surface area contributed by atoms with Crippen LogP contribution in [0.15, 0.2) is 24.3 Å². The minimum Gasteiger partial charge on any atom is -0.372 e. The summed E-state index contributed by atoms with van der Waals surface area (Å²) in [7, 11) is 0. The third kappa shape index (κ3) is 4.14. The van der Waals surface area contributed by atoms with Gasteiger partial charge in [0.1, 0.15) is 6.61 Å². The van der Waals surface area contributed by atoms with Crippen LogP contribution >= 0.6 is 23.4 Å². The molecule has 1 amide bonds. The van der Waals surface area contributed by atoms with E-state index in [0.717, 1.165) is 30.3 Å². The summed E-state index contributed by atoms with van der Waals surface area (Å²) in [6.45, 7) is 4.24. The Morgan fingerprint density at radius 1 is 1.45 bits per heavy atom. The summed E-state index contributed by atoms with van der Waals surface area (Å²) in [5.74, 6) is 1.03. The van der Waals surface area contributed by atoms with Crippen molar-refractivity contribution >= 4 is 29.3 Å². The lowest BCUT2D eigenvalue weighted by Gasteiger charge is -2.20. The van der Waals surface area contributed by atoms with Crippen LogP contribution in [-0.2, 0) is 9.53 Å². The third-order valence-electron chi connectivity index (χ3n) is 3.38. The van der Waals surface area contributed by atoms with Gasteiger partial charge < -0.3 is 9.64 Å². The predicted molar refractivity (Wildman–Crippen MR) is 84.3 cm³/mol. The summed E-state index contributed by atoms with van der Waals surface area (Å²) in [5.41, 5.74) is 1.18. The van der Waals surface area contributed by atoms with Crippen LogP contribution in [0.5, 0.6) is 0 Å². The molecule has 0 radical (unpaired) electrons. The lowest BCUT2D eigenvalue weighted by molar-refractivity contribution is -0.135. The van der Waals surface area contributed by atoms with Gasteiger partial charge in [-0.3, -0.25) is 4.79 Å². The number of ether oxygens (including phenoxy) is 1. The summed E-state index contributed by atoms with van der Waals surface area (Å²) >= 11 is 8.14. The minimum absolute atomic E-state index is 0.0901. The summed E-state index contributed by atoms with van der Waals surface area (Å²) < 4.78 is 5.20. The summed E-state index contributed by atoms with van der Waals surface area (Å²) in [4.78, 5) is 13.9. The second-order valence-corrected chi connectivity index (χ2v) is 6.41. The maximum absolute atomic E-state index is 12.0. The normalized spacial score (nSPS) is 19.7. The Balaban J connectivity index is 1.95. The maximum Gasteiger partial charge on any atom is 0.248 e. The molecule has 1 unspecified atom stereocenters. The van der Waals surface area contributed by atoms with E-state index >= 15 is 0 Å². The fourth-order valence-corrected chi connectivity index (χ4v) is 3.88. The SMILES string of the molecule is CCOCC(=O)N1CCSC(c2ccccc2Cl)CC1. The van der Waals surface area contributed by atoms with Crippen molar-refractivity contribution in [2.75, 3.05) is 32.1 Å². The van der Waals surface area contributed by atoms with Gasteiger partial charge >= 0.3 is 0 Å². The Bertz CT molecular complexity index is 455. The van der Waals surface area contributed by atoms with E-state index in [9.17, 15) is 4.79 Å². The molecule has 5 heteroatoms. The highest BCUT2D eigenvalue weighted by atomic mass is 35.5. The van der Waals surface area contributed by atoms with Gasteiger partial charge in [0.05, 0.1) is 0 Å². The number of thioether (sulfide) groups is 1. The van der Waals surface area contributed by atoms with Crippen molar-refractivity contribution in [1.82, 2.24) is 4.90 Å². The van der Waals surface area contributed by atoms with E-state index in [1.54, 1.807) is 0 Å². The van der Waals surface area contributed by atoms with Crippen LogP contribution < -0.4 is 0 Å². The Morgan fingerprint density at radius 2 is 2.25 bits per heavy atom. The molecule has 0 aromatic heterocycles. The fraction of sp³-hybridized carbons (Fsp3) is 0.533. The average Bonchev–Trinajstić information content (AvgIpc) is 2.71. The Kier molecular flexibility index (Phi) is 6.20. The van der Waals surface area contributed by atoms with Crippen LogP contribution in [0.2, 0.25) is 5.02 Å². The fourth-order valence-electron chi connectivity index (χ4n) is 2.28. The first-order valence-corrected chi connectivity index (χ1v) is 8.36. The number of benzene rings is 1. The van der Waals surface area contributed by atoms with E-state index in [1.807, 2.05) is 41.8 Å². The summed E-state index contributed by atoms with van der Waals surface area (Å²) in [5, 5.41) is 1.19. The largest absolute Gasteiger partial charge is 0.372 e. The number of amides is 1. The van der Waals surface area contributed by atoms with Crippen molar-refractivity contribution in [3.63, 3.8) is 0 Å². The molecule has 0 saturated carbocycles. The van der Waals surface area contributed by atoms with Crippen molar-refractivity contribution < 1.29 is 9.53 Å². The number of hydrogen-bond acceptors (Lipinski definition) is 3. The molecule has 3 nitrogen and oxygen atoms in total. The van der Waals surface area contributed by atoms with E-state index < -0.39 is 0 Å². The zero-order chi connectivity index (χ0) is 14.4. The molecule has 1 aliphatic heterocycles. The van der Waals surface area contributed by atoms with Gasteiger partial charge in [-0.2, -0.15) is 11.8 Å². The van der Waals surface area contributed by atoms with Crippen molar-refractivity contribution in [1.29, 1.82) is 0 Å². The quantitative estimate of drug-likeness (QED) is 0.853. The van der Waals surface area contributed by atoms with Crippen molar-refractivity contribution in [2.45, 2.75) is 18.6 Å². The van der Waals surface area contributed by atoms with Gasteiger partial charge in [-0.15, -0.1) is 0 Å². The van der Waals surface area contributed by atoms with E-state index in [2.05, 4.69) is 6.07 Å². The number of halogens is 1. The zero-order valence-corrected chi connectivity index (χ0v) is 13.3. The lowest BCUT2D eigenvalue weighted by atomic mass is 10.1. The number of nitrogens with zero attached hydrogens (tertiary/aromatic N) is 1. The molecule has 1 aliphatic rings. The summed E-state index contributed by atoms with van der Waals surface area (Å²) in [6, 6.07) is 7.98. The molecule has 1 heterocycles. The van der Waals surface area contributed by atoms with Crippen LogP contribution in [0, 0.1) is 0 Å². The molecule has 0 bridgehead atoms. The van der Waals surface area contributed by atoms with Gasteiger partial charge in [0.15, 0.2) is 0 Å². The first-order valence-electron chi connectivity index (χ1n) is 6.94. The Hall–Kier alpha value is -0.710. The van der Waals surface area contributed by atoms with E-state index in [4.69, 9.17) is 16.3 Å². The minimum atomic E-state index is 0.0901. The number of hydrogen-bond donors (Lipinski definition) is 0. The second kappa shape index (κ2) is 7.91. The molecule has 20 heavy (non-hydrogen) atoms. The molecule has 2 rings (SSSR count). The van der Waals surface area contributed by atoms with Gasteiger partial charge in [0, 0.05) is 35.7 Å². The molecule has 1 fully saturated rings. The van der Waals surface area contributed by atoms with Crippen LogP contribution in [0.1, 0.15) is 24.2 Å². The van der Waals surface area contributed by atoms with Crippen LogP contribution in [0.3, 0.4) is 0 Å². The van der Waals surface area contributed by atoms with Gasteiger partial charge in [-0.1, -0.05) is 29.8 Å². The third-order valence-corrected chi connectivity index (χ3v) is 5.03. The number of carbonyl (C=O) groups is 1. The van der Waals surface area contributed by atoms with Crippen LogP contribution in [0.25, 0.3) is 0 Å². The standard InChI is InChI=1S/C15H20ClNO2S/c1-2-19-11-15(18)17-8-7-14(20-10-9-17)12-5-3-4-6-13(12)16/h3-6,14H,2,7-11H2,1H3. The molecule has 0 spiro atoms. The predicted octanol–water partition coefficient (Wildman–Crippen LogP) is 3.38. The van der Waals surface area contributed by atoms with E-state index in [-0.39, 0.29) is 12.5 Å². The molecule has 1 atom stereocenters. The van der Waals surface area contributed by atoms with E-state index in [1.165, 1.54) is 5.56 Å². The average molecular weight is 314 g/mol. The van der Waals surface area contributed by atoms with Gasteiger partial charge in [0.25, 0.3) is 0 Å². The Morgan fingerprint density at radius 3 is 3.00 bits per heavy atom. The molecular weight excluding hydrogens is 294 g/mol. The first kappa shape index (κ1) is 15.7.